The minimum Gasteiger partial charge on any atom is -0.272 e. The summed E-state index contributed by atoms with van der Waals surface area (Å²) in [4.78, 5) is 41.6. The number of benzene rings is 3. The molecule has 2 N–H and O–H groups in total. The summed E-state index contributed by atoms with van der Waals surface area (Å²) >= 11 is 0. The van der Waals surface area contributed by atoms with Gasteiger partial charge in [0.2, 0.25) is 0 Å². The Balaban J connectivity index is 1.88. The summed E-state index contributed by atoms with van der Waals surface area (Å²) in [5.74, 6) is 0. The van der Waals surface area contributed by atoms with Crippen molar-refractivity contribution in [1.29, 1.82) is 0 Å². The Bertz CT molecular complexity index is 1470. The van der Waals surface area contributed by atoms with Gasteiger partial charge >= 0.3 is 11.4 Å². The van der Waals surface area contributed by atoms with Crippen molar-refractivity contribution in [2.75, 3.05) is 10.9 Å². The number of nitrogens with one attached hydrogen (secondary N) is 2. The van der Waals surface area contributed by atoms with E-state index in [4.69, 9.17) is 0 Å². The van der Waals surface area contributed by atoms with E-state index >= 15 is 0 Å². The van der Waals surface area contributed by atoms with E-state index in [1.807, 2.05) is 27.7 Å². The zero-order valence-electron chi connectivity index (χ0n) is 21.6. The predicted molar refractivity (Wildman–Crippen MR) is 147 cm³/mol. The minimum absolute atomic E-state index is 0.0224. The van der Waals surface area contributed by atoms with E-state index in [1.54, 1.807) is 0 Å². The Kier molecular flexibility index (Phi) is 8.43. The molecule has 0 unspecified atom stereocenters. The Hall–Kier alpha value is -5.80. The number of nitro groups is 4. The van der Waals surface area contributed by atoms with E-state index in [0.29, 0.717) is 0 Å². The van der Waals surface area contributed by atoms with Gasteiger partial charge in [-0.25, -0.2) is 0 Å². The van der Waals surface area contributed by atoms with Crippen LogP contribution in [0.4, 0.5) is 34.1 Å². The average molecular weight is 550 g/mol. The zero-order valence-corrected chi connectivity index (χ0v) is 21.6. The molecule has 206 valence electrons. The number of nitrogens with zero attached hydrogens (tertiary/aromatic N) is 6. The van der Waals surface area contributed by atoms with Gasteiger partial charge in [-0.3, -0.25) is 51.3 Å². The molecule has 40 heavy (non-hydrogen) atoms. The molecule has 0 saturated heterocycles. The fourth-order valence-electron chi connectivity index (χ4n) is 3.85. The summed E-state index contributed by atoms with van der Waals surface area (Å²) < 4.78 is 0. The van der Waals surface area contributed by atoms with E-state index in [9.17, 15) is 40.5 Å². The van der Waals surface area contributed by atoms with E-state index in [-0.39, 0.29) is 11.4 Å². The lowest BCUT2D eigenvalue weighted by atomic mass is 9.90. The average Bonchev–Trinajstić information content (AvgIpc) is 2.91. The second-order valence-electron chi connectivity index (χ2n) is 8.50. The van der Waals surface area contributed by atoms with Crippen LogP contribution >= 0.6 is 0 Å². The highest BCUT2D eigenvalue weighted by molar-refractivity contribution is 5.92. The van der Waals surface area contributed by atoms with Gasteiger partial charge in [0.1, 0.15) is 11.4 Å². The quantitative estimate of drug-likeness (QED) is 0.184. The molecule has 0 spiro atoms. The second kappa shape index (κ2) is 11.7. The molecule has 0 atom stereocenters. The van der Waals surface area contributed by atoms with Crippen LogP contribution < -0.4 is 10.9 Å². The third kappa shape index (κ3) is 6.01. The smallest absolute Gasteiger partial charge is 0.272 e. The van der Waals surface area contributed by atoms with Crippen molar-refractivity contribution < 1.29 is 19.7 Å². The van der Waals surface area contributed by atoms with Gasteiger partial charge in [-0.2, -0.15) is 10.2 Å². The van der Waals surface area contributed by atoms with Crippen LogP contribution in [0.3, 0.4) is 0 Å². The molecule has 0 aliphatic heterocycles. The largest absolute Gasteiger partial charge is 0.301 e. The molecule has 3 rings (SSSR count). The molecule has 0 aliphatic rings. The lowest BCUT2D eigenvalue weighted by Gasteiger charge is -2.16. The van der Waals surface area contributed by atoms with E-state index < -0.39 is 42.4 Å². The SMILES string of the molecule is Cc1c(C)c(C=NNc2ccc([N+](=O)[O-])cc2[N+](=O)[O-])c(C)c(C)c1C=NNc1ccc([N+](=O)[O-])cc1[N+](=O)[O-]. The first-order valence-corrected chi connectivity index (χ1v) is 11.4. The molecule has 0 aliphatic carbocycles. The normalized spacial score (nSPS) is 11.1. The van der Waals surface area contributed by atoms with Gasteiger partial charge in [-0.15, -0.1) is 0 Å². The molecular formula is C24H22N8O8. The number of hydrogen-bond donors (Lipinski definition) is 2. The number of anilines is 2. The molecule has 0 aromatic heterocycles. The standard InChI is InChI=1S/C24H22N8O8/c1-13-14(2)20(12-26-28-22-8-6-18(30(35)36)10-24(22)32(39)40)16(4)15(3)19(13)11-25-27-21-7-5-17(29(33)34)9-23(21)31(37)38/h5-12,27-28H,1-4H3. The number of hydrazone groups is 2. The van der Waals surface area contributed by atoms with Crippen LogP contribution in [0, 0.1) is 68.2 Å². The van der Waals surface area contributed by atoms with Gasteiger partial charge in [0.15, 0.2) is 0 Å². The Labute approximate surface area is 225 Å². The Morgan fingerprint density at radius 2 is 0.900 bits per heavy atom. The molecule has 0 saturated carbocycles. The summed E-state index contributed by atoms with van der Waals surface area (Å²) in [7, 11) is 0. The van der Waals surface area contributed by atoms with Crippen molar-refractivity contribution in [2.24, 2.45) is 10.2 Å². The van der Waals surface area contributed by atoms with Crippen molar-refractivity contribution >= 4 is 46.6 Å². The third-order valence-electron chi connectivity index (χ3n) is 6.28. The van der Waals surface area contributed by atoms with Crippen molar-refractivity contribution in [3.8, 4) is 0 Å². The lowest BCUT2D eigenvalue weighted by molar-refractivity contribution is -0.393. The monoisotopic (exact) mass is 550 g/mol. The topological polar surface area (TPSA) is 221 Å². The molecule has 16 heteroatoms. The van der Waals surface area contributed by atoms with Crippen molar-refractivity contribution in [3.63, 3.8) is 0 Å². The first-order valence-electron chi connectivity index (χ1n) is 11.4. The lowest BCUT2D eigenvalue weighted by Crippen LogP contribution is -2.06. The first kappa shape index (κ1) is 28.8. The molecule has 3 aromatic carbocycles. The van der Waals surface area contributed by atoms with Gasteiger partial charge < -0.3 is 0 Å². The van der Waals surface area contributed by atoms with Crippen LogP contribution in [0.15, 0.2) is 46.6 Å². The highest BCUT2D eigenvalue weighted by Crippen LogP contribution is 2.31. The first-order chi connectivity index (χ1) is 18.8. The van der Waals surface area contributed by atoms with Crippen LogP contribution in [0.2, 0.25) is 0 Å². The van der Waals surface area contributed by atoms with Crippen LogP contribution in [0.5, 0.6) is 0 Å². The fraction of sp³-hybridized carbons (Fsp3) is 0.167. The Morgan fingerprint density at radius 1 is 0.575 bits per heavy atom. The van der Waals surface area contributed by atoms with Gasteiger partial charge in [0, 0.05) is 23.3 Å². The highest BCUT2D eigenvalue weighted by atomic mass is 16.6. The minimum atomic E-state index is -0.747. The number of non-ortho nitro benzene ring substituents is 2. The summed E-state index contributed by atoms with van der Waals surface area (Å²) in [5, 5.41) is 52.8. The second-order valence-corrected chi connectivity index (χ2v) is 8.50. The third-order valence-corrected chi connectivity index (χ3v) is 6.28. The summed E-state index contributed by atoms with van der Waals surface area (Å²) in [6, 6.07) is 6.34. The molecule has 0 bridgehead atoms. The van der Waals surface area contributed by atoms with E-state index in [2.05, 4.69) is 21.1 Å². The molecule has 16 nitrogen and oxygen atoms in total. The van der Waals surface area contributed by atoms with Crippen LogP contribution in [-0.4, -0.2) is 32.1 Å². The number of rotatable bonds is 10. The molecular weight excluding hydrogens is 528 g/mol. The molecule has 0 amide bonds. The Morgan fingerprint density at radius 3 is 1.18 bits per heavy atom. The molecule has 0 heterocycles. The highest BCUT2D eigenvalue weighted by Gasteiger charge is 2.21. The number of nitro benzene ring substituents is 4. The summed E-state index contributed by atoms with van der Waals surface area (Å²) in [6.07, 6.45) is 2.96. The summed E-state index contributed by atoms with van der Waals surface area (Å²) in [5.41, 5.74) is 7.95. The maximum absolute atomic E-state index is 11.3. The van der Waals surface area contributed by atoms with Gasteiger partial charge in [-0.05, 0) is 62.1 Å². The van der Waals surface area contributed by atoms with Gasteiger partial charge in [0.05, 0.1) is 44.3 Å². The molecule has 0 fully saturated rings. The van der Waals surface area contributed by atoms with E-state index in [1.165, 1.54) is 24.6 Å². The van der Waals surface area contributed by atoms with Gasteiger partial charge in [0.25, 0.3) is 11.4 Å². The van der Waals surface area contributed by atoms with Gasteiger partial charge in [-0.1, -0.05) is 0 Å². The van der Waals surface area contributed by atoms with Crippen LogP contribution in [-0.2, 0) is 0 Å². The van der Waals surface area contributed by atoms with E-state index in [0.717, 1.165) is 57.6 Å². The number of hydrogen-bond acceptors (Lipinski definition) is 12. The van der Waals surface area contributed by atoms with Crippen molar-refractivity contribution in [1.82, 2.24) is 0 Å². The maximum atomic E-state index is 11.3. The van der Waals surface area contributed by atoms with Crippen LogP contribution in [0.25, 0.3) is 0 Å². The predicted octanol–water partition coefficient (Wildman–Crippen LogP) is 5.45. The summed E-state index contributed by atoms with van der Waals surface area (Å²) in [6.45, 7) is 7.35. The van der Waals surface area contributed by atoms with Crippen molar-refractivity contribution in [3.05, 3.63) is 110 Å². The van der Waals surface area contributed by atoms with Crippen LogP contribution in [0.1, 0.15) is 33.4 Å². The zero-order chi connectivity index (χ0) is 29.7. The molecule has 3 aromatic rings. The maximum Gasteiger partial charge on any atom is 0.301 e. The van der Waals surface area contributed by atoms with Crippen molar-refractivity contribution in [2.45, 2.75) is 27.7 Å². The molecule has 0 radical (unpaired) electrons. The fourth-order valence-corrected chi connectivity index (χ4v) is 3.85.